The van der Waals surface area contributed by atoms with Gasteiger partial charge in [-0.25, -0.2) is 4.79 Å². The smallest absolute Gasteiger partial charge is 0.348 e. The van der Waals surface area contributed by atoms with Crippen LogP contribution in [0.1, 0.15) is 17.5 Å². The quantitative estimate of drug-likeness (QED) is 0.0711. The Labute approximate surface area is 219 Å². The second-order valence-corrected chi connectivity index (χ2v) is 23.7. The number of ether oxygens (including phenoxy) is 1. The molecule has 0 saturated carbocycles. The molecule has 2 rings (SSSR count). The topological polar surface area (TPSA) is 68.5 Å². The molecule has 0 saturated heterocycles. The summed E-state index contributed by atoms with van der Waals surface area (Å²) in [4.78, 5) is 12.7. The maximum Gasteiger partial charge on any atom is 0.348 e. The van der Waals surface area contributed by atoms with Crippen molar-refractivity contribution in [1.82, 2.24) is 0 Å². The van der Waals surface area contributed by atoms with Crippen LogP contribution in [0.15, 0.2) is 78.4 Å². The van der Waals surface area contributed by atoms with E-state index in [1.165, 1.54) is 0 Å². The molecule has 0 radical (unpaired) electrons. The van der Waals surface area contributed by atoms with Gasteiger partial charge in [0.15, 0.2) is 16.6 Å². The molecule has 8 heteroatoms. The average Bonchev–Trinajstić information content (AvgIpc) is 2.78. The summed E-state index contributed by atoms with van der Waals surface area (Å²) in [6.07, 6.45) is 3.98. The molecule has 0 bridgehead atoms. The first-order valence-corrected chi connectivity index (χ1v) is 21.7. The highest BCUT2D eigenvalue weighted by Crippen LogP contribution is 2.26. The molecular weight excluding hydrogens is 499 g/mol. The predicted octanol–water partition coefficient (Wildman–Crippen LogP) is 7.28. The van der Waals surface area contributed by atoms with Gasteiger partial charge in [-0.1, -0.05) is 66.7 Å². The first-order chi connectivity index (χ1) is 16.8. The van der Waals surface area contributed by atoms with Crippen molar-refractivity contribution in [1.29, 1.82) is 5.26 Å². The van der Waals surface area contributed by atoms with E-state index in [2.05, 4.69) is 45.8 Å². The van der Waals surface area contributed by atoms with Crippen molar-refractivity contribution in [3.8, 4) is 6.07 Å². The molecule has 36 heavy (non-hydrogen) atoms. The molecule has 0 aliphatic heterocycles. The predicted molar refractivity (Wildman–Crippen MR) is 155 cm³/mol. The van der Waals surface area contributed by atoms with Gasteiger partial charge in [-0.15, -0.1) is 0 Å². The van der Waals surface area contributed by atoms with E-state index >= 15 is 0 Å². The number of allylic oxidation sites excluding steroid dienone is 2. The van der Waals surface area contributed by atoms with Crippen molar-refractivity contribution in [2.75, 3.05) is 6.61 Å². The Kier molecular flexibility index (Phi) is 10.8. The minimum Gasteiger partial charge on any atom is -0.462 e. The van der Waals surface area contributed by atoms with E-state index < -0.39 is 31.2 Å². The zero-order valence-electron chi connectivity index (χ0n) is 22.6. The SMILES string of the molecule is C[Si](C)(C)O[Si](C)(CCCOC(=O)/C(C#N)=C/C=C(c1ccccc1)c1ccccc1)O[Si](C)(C)C. The molecule has 0 unspecified atom stereocenters. The normalized spacial score (nSPS) is 12.6. The Morgan fingerprint density at radius 2 is 1.28 bits per heavy atom. The first-order valence-electron chi connectivity index (χ1n) is 12.3. The Hall–Kier alpha value is -2.55. The van der Waals surface area contributed by atoms with E-state index in [0.29, 0.717) is 6.42 Å². The van der Waals surface area contributed by atoms with E-state index in [4.69, 9.17) is 13.0 Å². The number of hydrogen-bond donors (Lipinski definition) is 0. The molecule has 0 aromatic heterocycles. The van der Waals surface area contributed by atoms with Crippen LogP contribution < -0.4 is 0 Å². The first kappa shape index (κ1) is 29.7. The monoisotopic (exact) mass is 537 g/mol. The summed E-state index contributed by atoms with van der Waals surface area (Å²) in [5.74, 6) is -0.616. The Balaban J connectivity index is 2.10. The summed E-state index contributed by atoms with van der Waals surface area (Å²) in [6, 6.07) is 22.5. The van der Waals surface area contributed by atoms with Crippen LogP contribution in [0.25, 0.3) is 5.57 Å². The molecule has 0 spiro atoms. The molecule has 0 N–H and O–H groups in total. The summed E-state index contributed by atoms with van der Waals surface area (Å²) in [5.41, 5.74) is 2.89. The van der Waals surface area contributed by atoms with Crippen molar-refractivity contribution >= 4 is 36.7 Å². The van der Waals surface area contributed by atoms with Crippen LogP contribution in [0.5, 0.6) is 0 Å². The third kappa shape index (κ3) is 10.6. The van der Waals surface area contributed by atoms with E-state index in [0.717, 1.165) is 22.7 Å². The van der Waals surface area contributed by atoms with Crippen LogP contribution in [0.4, 0.5) is 0 Å². The molecular formula is C28H39NO4Si3. The lowest BCUT2D eigenvalue weighted by Gasteiger charge is -2.38. The molecule has 5 nitrogen and oxygen atoms in total. The number of carbonyl (C=O) groups excluding carboxylic acids is 1. The molecule has 192 valence electrons. The van der Waals surface area contributed by atoms with Crippen LogP contribution in [-0.2, 0) is 17.8 Å². The number of nitrogens with zero attached hydrogens (tertiary/aromatic N) is 1. The van der Waals surface area contributed by atoms with Gasteiger partial charge >= 0.3 is 14.5 Å². The van der Waals surface area contributed by atoms with E-state index in [1.807, 2.05) is 66.7 Å². The fourth-order valence-electron chi connectivity index (χ4n) is 3.97. The minimum atomic E-state index is -2.39. The highest BCUT2D eigenvalue weighted by Gasteiger charge is 2.39. The lowest BCUT2D eigenvalue weighted by Crippen LogP contribution is -2.52. The molecule has 0 fully saturated rings. The van der Waals surface area contributed by atoms with Crippen LogP contribution in [-0.4, -0.2) is 37.8 Å². The van der Waals surface area contributed by atoms with Crippen molar-refractivity contribution in [3.63, 3.8) is 0 Å². The number of benzene rings is 2. The average molecular weight is 538 g/mol. The zero-order chi connectivity index (χ0) is 26.8. The van der Waals surface area contributed by atoms with Gasteiger partial charge in [-0.05, 0) is 81.1 Å². The molecule has 0 amide bonds. The van der Waals surface area contributed by atoms with Crippen LogP contribution >= 0.6 is 0 Å². The lowest BCUT2D eigenvalue weighted by atomic mass is 9.97. The van der Waals surface area contributed by atoms with Gasteiger partial charge in [-0.2, -0.15) is 5.26 Å². The number of hydrogen-bond acceptors (Lipinski definition) is 5. The van der Waals surface area contributed by atoms with E-state index in [-0.39, 0.29) is 12.2 Å². The molecule has 2 aromatic carbocycles. The summed E-state index contributed by atoms with van der Waals surface area (Å²) in [7, 11) is -5.96. The van der Waals surface area contributed by atoms with Crippen LogP contribution in [0.3, 0.4) is 0 Å². The van der Waals surface area contributed by atoms with E-state index in [1.54, 1.807) is 12.2 Å². The summed E-state index contributed by atoms with van der Waals surface area (Å²) >= 11 is 0. The van der Waals surface area contributed by atoms with Crippen molar-refractivity contribution in [2.24, 2.45) is 0 Å². The highest BCUT2D eigenvalue weighted by atomic mass is 28.5. The second kappa shape index (κ2) is 13.1. The van der Waals surface area contributed by atoms with Gasteiger partial charge in [0.1, 0.15) is 11.6 Å². The molecule has 0 aliphatic carbocycles. The Bertz CT molecular complexity index is 1040. The zero-order valence-corrected chi connectivity index (χ0v) is 25.6. The summed E-state index contributed by atoms with van der Waals surface area (Å²) < 4.78 is 18.5. The van der Waals surface area contributed by atoms with Crippen LogP contribution in [0, 0.1) is 11.3 Å². The van der Waals surface area contributed by atoms with Gasteiger partial charge < -0.3 is 13.0 Å². The van der Waals surface area contributed by atoms with Gasteiger partial charge in [-0.3, -0.25) is 0 Å². The fraction of sp³-hybridized carbons (Fsp3) is 0.357. The van der Waals surface area contributed by atoms with Gasteiger partial charge in [0.2, 0.25) is 0 Å². The Morgan fingerprint density at radius 3 is 1.69 bits per heavy atom. The van der Waals surface area contributed by atoms with Gasteiger partial charge in [0, 0.05) is 0 Å². The number of nitriles is 1. The van der Waals surface area contributed by atoms with Crippen molar-refractivity contribution in [2.45, 2.75) is 58.3 Å². The number of esters is 1. The largest absolute Gasteiger partial charge is 0.462 e. The van der Waals surface area contributed by atoms with Gasteiger partial charge in [0.25, 0.3) is 0 Å². The fourth-order valence-corrected chi connectivity index (χ4v) is 16.5. The molecule has 0 heterocycles. The lowest BCUT2D eigenvalue weighted by molar-refractivity contribution is -0.138. The maximum atomic E-state index is 12.7. The van der Waals surface area contributed by atoms with Gasteiger partial charge in [0.05, 0.1) is 6.61 Å². The third-order valence-corrected chi connectivity index (χ3v) is 14.6. The molecule has 0 aliphatic rings. The number of rotatable bonds is 12. The highest BCUT2D eigenvalue weighted by molar-refractivity contribution is 6.87. The van der Waals surface area contributed by atoms with Crippen LogP contribution in [0.2, 0.25) is 51.9 Å². The minimum absolute atomic E-state index is 0.0314. The van der Waals surface area contributed by atoms with Crippen molar-refractivity contribution in [3.05, 3.63) is 89.5 Å². The number of carbonyl (C=O) groups is 1. The Morgan fingerprint density at radius 1 is 0.806 bits per heavy atom. The second-order valence-electron chi connectivity index (χ2n) is 10.8. The van der Waals surface area contributed by atoms with Crippen molar-refractivity contribution < 1.29 is 17.8 Å². The maximum absolute atomic E-state index is 12.7. The van der Waals surface area contributed by atoms with E-state index in [9.17, 15) is 10.1 Å². The third-order valence-electron chi connectivity index (χ3n) is 4.98. The summed E-state index contributed by atoms with van der Waals surface area (Å²) in [5, 5.41) is 9.62. The molecule has 2 aromatic rings. The summed E-state index contributed by atoms with van der Waals surface area (Å²) in [6.45, 7) is 15.4. The standard InChI is InChI=1S/C28H39NO4Si3/c1-34(2,3)32-36(7,33-35(4,5)6)22-14-21-31-28(30)26(23-29)19-20-27(24-15-10-8-11-16-24)25-17-12-9-13-18-25/h8-13,15-20H,14,21-22H2,1-7H3/b26-19+. The molecule has 0 atom stereocenters.